The van der Waals surface area contributed by atoms with Gasteiger partial charge in [-0.15, -0.1) is 0 Å². The minimum atomic E-state index is -4.38. The van der Waals surface area contributed by atoms with Crippen molar-refractivity contribution < 1.29 is 18.3 Å². The Labute approximate surface area is 137 Å². The van der Waals surface area contributed by atoms with E-state index in [1.807, 2.05) is 6.07 Å². The third kappa shape index (κ3) is 4.31. The predicted octanol–water partition coefficient (Wildman–Crippen LogP) is 5.51. The van der Waals surface area contributed by atoms with E-state index >= 15 is 0 Å². The number of alkyl halides is 3. The van der Waals surface area contributed by atoms with Gasteiger partial charge in [-0.3, -0.25) is 0 Å². The zero-order chi connectivity index (χ0) is 15.6. The average Bonchev–Trinajstić information content (AvgIpc) is 2.41. The molecule has 2 rings (SSSR count). The van der Waals surface area contributed by atoms with Crippen LogP contribution in [-0.2, 0) is 12.6 Å². The Bertz CT molecular complexity index is 641. The van der Waals surface area contributed by atoms with Crippen molar-refractivity contribution in [1.82, 2.24) is 0 Å². The maximum atomic E-state index is 12.7. The maximum Gasteiger partial charge on any atom is 0.416 e. The lowest BCUT2D eigenvalue weighted by Crippen LogP contribution is -2.07. The summed E-state index contributed by atoms with van der Waals surface area (Å²) in [5.41, 5.74) is 0.353. The van der Waals surface area contributed by atoms with Gasteiger partial charge in [0.05, 0.1) is 11.7 Å². The second-order valence-electron chi connectivity index (χ2n) is 4.58. The van der Waals surface area contributed by atoms with Crippen molar-refractivity contribution in [2.24, 2.45) is 0 Å². The summed E-state index contributed by atoms with van der Waals surface area (Å²) in [6.45, 7) is 0. The zero-order valence-corrected chi connectivity index (χ0v) is 13.8. The number of hydrogen-bond donors (Lipinski definition) is 1. The molecule has 21 heavy (non-hydrogen) atoms. The van der Waals surface area contributed by atoms with Crippen LogP contribution in [0.4, 0.5) is 13.2 Å². The number of aliphatic hydroxyl groups is 1. The number of halogens is 5. The van der Waals surface area contributed by atoms with E-state index in [0.29, 0.717) is 15.6 Å². The Kier molecular flexibility index (Phi) is 5.11. The fourth-order valence-electron chi connectivity index (χ4n) is 1.98. The summed E-state index contributed by atoms with van der Waals surface area (Å²) >= 11 is 6.64. The van der Waals surface area contributed by atoms with E-state index in [0.717, 1.165) is 16.6 Å². The second kappa shape index (κ2) is 6.50. The first-order valence-corrected chi connectivity index (χ1v) is 7.65. The van der Waals surface area contributed by atoms with Gasteiger partial charge >= 0.3 is 6.18 Å². The summed E-state index contributed by atoms with van der Waals surface area (Å²) in [5, 5.41) is 10.2. The Hall–Kier alpha value is -0.850. The van der Waals surface area contributed by atoms with Crippen LogP contribution in [-0.4, -0.2) is 5.11 Å². The Morgan fingerprint density at radius 2 is 1.76 bits per heavy atom. The Morgan fingerprint density at radius 1 is 1.05 bits per heavy atom. The molecule has 0 aromatic heterocycles. The number of rotatable bonds is 3. The van der Waals surface area contributed by atoms with Crippen molar-refractivity contribution in [1.29, 1.82) is 0 Å². The van der Waals surface area contributed by atoms with Gasteiger partial charge < -0.3 is 5.11 Å². The second-order valence-corrected chi connectivity index (χ2v) is 6.35. The molecule has 2 aromatic rings. The van der Waals surface area contributed by atoms with Crippen LogP contribution in [0.15, 0.2) is 51.4 Å². The van der Waals surface area contributed by atoms with Gasteiger partial charge in [-0.1, -0.05) is 50.1 Å². The third-order valence-corrected chi connectivity index (χ3v) is 4.22. The summed E-state index contributed by atoms with van der Waals surface area (Å²) in [4.78, 5) is 0. The molecule has 0 saturated heterocycles. The van der Waals surface area contributed by atoms with Crippen molar-refractivity contribution >= 4 is 31.9 Å². The van der Waals surface area contributed by atoms with Crippen molar-refractivity contribution in [3.05, 3.63) is 68.1 Å². The van der Waals surface area contributed by atoms with Crippen LogP contribution in [0.25, 0.3) is 0 Å². The first kappa shape index (κ1) is 16.5. The molecule has 0 bridgehead atoms. The number of hydrogen-bond acceptors (Lipinski definition) is 1. The Balaban J connectivity index is 2.23. The molecule has 112 valence electrons. The molecule has 0 aliphatic heterocycles. The molecule has 0 heterocycles. The minimum Gasteiger partial charge on any atom is -0.388 e. The van der Waals surface area contributed by atoms with Gasteiger partial charge in [0.1, 0.15) is 0 Å². The van der Waals surface area contributed by atoms with E-state index in [4.69, 9.17) is 0 Å². The van der Waals surface area contributed by atoms with Crippen molar-refractivity contribution in [2.75, 3.05) is 0 Å². The molecule has 1 unspecified atom stereocenters. The minimum absolute atomic E-state index is 0.110. The molecule has 6 heteroatoms. The number of aliphatic hydroxyl groups excluding tert-OH is 1. The molecule has 0 aliphatic carbocycles. The average molecular weight is 424 g/mol. The van der Waals surface area contributed by atoms with Gasteiger partial charge in [-0.2, -0.15) is 13.2 Å². The van der Waals surface area contributed by atoms with Crippen molar-refractivity contribution in [2.45, 2.75) is 18.7 Å². The summed E-state index contributed by atoms with van der Waals surface area (Å²) in [5.74, 6) is 0. The largest absolute Gasteiger partial charge is 0.416 e. The normalized spacial score (nSPS) is 13.2. The fraction of sp³-hybridized carbons (Fsp3) is 0.200. The van der Waals surface area contributed by atoms with Crippen LogP contribution in [0.3, 0.4) is 0 Å². The lowest BCUT2D eigenvalue weighted by molar-refractivity contribution is -0.137. The van der Waals surface area contributed by atoms with Gasteiger partial charge in [-0.05, 0) is 35.4 Å². The molecule has 2 aromatic carbocycles. The fourth-order valence-corrected chi connectivity index (χ4v) is 2.87. The lowest BCUT2D eigenvalue weighted by atomic mass is 10.00. The van der Waals surface area contributed by atoms with Gasteiger partial charge in [0.25, 0.3) is 0 Å². The quantitative estimate of drug-likeness (QED) is 0.690. The highest BCUT2D eigenvalue weighted by molar-refractivity contribution is 9.11. The van der Waals surface area contributed by atoms with E-state index in [2.05, 4.69) is 31.9 Å². The molecular weight excluding hydrogens is 413 g/mol. The van der Waals surface area contributed by atoms with Gasteiger partial charge in [0.15, 0.2) is 0 Å². The summed E-state index contributed by atoms with van der Waals surface area (Å²) in [7, 11) is 0. The van der Waals surface area contributed by atoms with Crippen molar-refractivity contribution in [3.8, 4) is 0 Å². The molecule has 0 radical (unpaired) electrons. The highest BCUT2D eigenvalue weighted by Crippen LogP contribution is 2.32. The van der Waals surface area contributed by atoms with E-state index < -0.39 is 17.8 Å². The van der Waals surface area contributed by atoms with E-state index in [1.165, 1.54) is 6.07 Å². The topological polar surface area (TPSA) is 20.2 Å². The molecule has 1 N–H and O–H groups in total. The molecule has 0 fully saturated rings. The SMILES string of the molecule is OC(Cc1cccc(C(F)(F)F)c1)c1cc(Br)ccc1Br. The third-order valence-electron chi connectivity index (χ3n) is 3.00. The molecule has 0 aliphatic rings. The van der Waals surface area contributed by atoms with Crippen LogP contribution in [0.2, 0.25) is 0 Å². The molecular formula is C15H11Br2F3O. The van der Waals surface area contributed by atoms with Crippen LogP contribution in [0, 0.1) is 0 Å². The molecule has 0 saturated carbocycles. The van der Waals surface area contributed by atoms with E-state index in [9.17, 15) is 18.3 Å². The van der Waals surface area contributed by atoms with Gasteiger partial charge in [-0.25, -0.2) is 0 Å². The highest BCUT2D eigenvalue weighted by Gasteiger charge is 2.30. The predicted molar refractivity (Wildman–Crippen MR) is 81.9 cm³/mol. The first-order valence-electron chi connectivity index (χ1n) is 6.06. The Morgan fingerprint density at radius 3 is 2.43 bits per heavy atom. The molecule has 1 atom stereocenters. The van der Waals surface area contributed by atoms with Crippen LogP contribution >= 0.6 is 31.9 Å². The van der Waals surface area contributed by atoms with Crippen LogP contribution in [0.5, 0.6) is 0 Å². The number of benzene rings is 2. The summed E-state index contributed by atoms with van der Waals surface area (Å²) in [6.07, 6.45) is -5.16. The van der Waals surface area contributed by atoms with Gasteiger partial charge in [0, 0.05) is 15.4 Å². The highest BCUT2D eigenvalue weighted by atomic mass is 79.9. The molecule has 1 nitrogen and oxygen atoms in total. The van der Waals surface area contributed by atoms with Crippen LogP contribution in [0.1, 0.15) is 22.8 Å². The van der Waals surface area contributed by atoms with E-state index in [-0.39, 0.29) is 6.42 Å². The van der Waals surface area contributed by atoms with E-state index in [1.54, 1.807) is 18.2 Å². The summed E-state index contributed by atoms with van der Waals surface area (Å²) in [6, 6.07) is 10.3. The summed E-state index contributed by atoms with van der Waals surface area (Å²) < 4.78 is 39.5. The van der Waals surface area contributed by atoms with Gasteiger partial charge in [0.2, 0.25) is 0 Å². The maximum absolute atomic E-state index is 12.7. The van der Waals surface area contributed by atoms with Crippen LogP contribution < -0.4 is 0 Å². The monoisotopic (exact) mass is 422 g/mol. The molecule has 0 spiro atoms. The van der Waals surface area contributed by atoms with Crippen molar-refractivity contribution in [3.63, 3.8) is 0 Å². The first-order chi connectivity index (χ1) is 9.77. The zero-order valence-electron chi connectivity index (χ0n) is 10.7. The lowest BCUT2D eigenvalue weighted by Gasteiger charge is -2.15. The smallest absolute Gasteiger partial charge is 0.388 e. The molecule has 0 amide bonds. The standard InChI is InChI=1S/C15H11Br2F3O/c16-11-4-5-13(17)12(8-11)14(21)7-9-2-1-3-10(6-9)15(18,19)20/h1-6,8,14,21H,7H2.